The normalized spacial score (nSPS) is 15.8. The van der Waals surface area contributed by atoms with E-state index < -0.39 is 19.1 Å². The predicted molar refractivity (Wildman–Crippen MR) is 58.1 cm³/mol. The highest BCUT2D eigenvalue weighted by atomic mass is 16.5. The molecular formula is C10H12BNO4. The van der Waals surface area contributed by atoms with Gasteiger partial charge in [-0.2, -0.15) is 0 Å². The average molecular weight is 221 g/mol. The van der Waals surface area contributed by atoms with Crippen LogP contribution in [-0.4, -0.2) is 24.2 Å². The fourth-order valence-electron chi connectivity index (χ4n) is 1.53. The van der Waals surface area contributed by atoms with E-state index in [4.69, 9.17) is 15.1 Å². The lowest BCUT2D eigenvalue weighted by atomic mass is 9.79. The average Bonchev–Trinajstić information content (AvgIpc) is 2.60. The molecule has 1 aromatic carbocycles. The van der Waals surface area contributed by atoms with Crippen molar-refractivity contribution in [1.29, 1.82) is 0 Å². The monoisotopic (exact) mass is 221 g/mol. The van der Waals surface area contributed by atoms with Crippen molar-refractivity contribution < 1.29 is 19.2 Å². The second kappa shape index (κ2) is 4.15. The summed E-state index contributed by atoms with van der Waals surface area (Å²) in [5.41, 5.74) is 6.68. The molecule has 1 atom stereocenters. The van der Waals surface area contributed by atoms with Crippen molar-refractivity contribution in [3.63, 3.8) is 0 Å². The van der Waals surface area contributed by atoms with Gasteiger partial charge in [0.05, 0.1) is 6.61 Å². The first-order valence-corrected chi connectivity index (χ1v) is 4.96. The molecule has 3 N–H and O–H groups in total. The summed E-state index contributed by atoms with van der Waals surface area (Å²) >= 11 is 0. The van der Waals surface area contributed by atoms with Crippen LogP contribution < -0.4 is 15.9 Å². The van der Waals surface area contributed by atoms with Crippen molar-refractivity contribution >= 4 is 18.5 Å². The Morgan fingerprint density at radius 2 is 2.44 bits per heavy atom. The molecule has 0 saturated heterocycles. The zero-order valence-corrected chi connectivity index (χ0v) is 8.84. The highest BCUT2D eigenvalue weighted by Gasteiger charge is 2.27. The number of hydrogen-bond donors (Lipinski definition) is 2. The van der Waals surface area contributed by atoms with E-state index in [9.17, 15) is 9.82 Å². The molecule has 1 aliphatic rings. The molecule has 0 radical (unpaired) electrons. The largest absolute Gasteiger partial charge is 0.491 e. The zero-order chi connectivity index (χ0) is 11.7. The third-order valence-electron chi connectivity index (χ3n) is 2.49. The third kappa shape index (κ3) is 2.03. The highest BCUT2D eigenvalue weighted by molar-refractivity contribution is 6.61. The van der Waals surface area contributed by atoms with Gasteiger partial charge in [-0.15, -0.1) is 0 Å². The molecule has 1 aliphatic heterocycles. The van der Waals surface area contributed by atoms with Gasteiger partial charge in [0, 0.05) is 0 Å². The lowest BCUT2D eigenvalue weighted by Gasteiger charge is -2.12. The van der Waals surface area contributed by atoms with E-state index in [1.54, 1.807) is 25.1 Å². The minimum absolute atomic E-state index is 0.391. The number of nitrogens with two attached hydrogens (primary N) is 1. The summed E-state index contributed by atoms with van der Waals surface area (Å²) in [6, 6.07) is 5.18. The lowest BCUT2D eigenvalue weighted by Crippen LogP contribution is -2.32. The zero-order valence-electron chi connectivity index (χ0n) is 8.84. The maximum absolute atomic E-state index is 10.8. The standard InChI is InChI=1S/C10H12BNO4/c1-6(10(12)13)16-8-3-2-7-5-15-11(14)9(7)4-8/h2-4,6,14H,5H2,1H3,(H2,12,13). The van der Waals surface area contributed by atoms with E-state index in [0.717, 1.165) is 5.56 Å². The van der Waals surface area contributed by atoms with Gasteiger partial charge in [0.1, 0.15) is 5.75 Å². The first-order valence-electron chi connectivity index (χ1n) is 4.96. The van der Waals surface area contributed by atoms with Crippen molar-refractivity contribution in [2.24, 2.45) is 5.73 Å². The molecule has 5 nitrogen and oxygen atoms in total. The number of carbonyl (C=O) groups is 1. The van der Waals surface area contributed by atoms with Gasteiger partial charge < -0.3 is 20.1 Å². The number of rotatable bonds is 3. The van der Waals surface area contributed by atoms with Gasteiger partial charge in [0.2, 0.25) is 0 Å². The molecular weight excluding hydrogens is 209 g/mol. The van der Waals surface area contributed by atoms with Crippen molar-refractivity contribution in [3.8, 4) is 5.75 Å². The molecule has 84 valence electrons. The number of carbonyl (C=O) groups excluding carboxylic acids is 1. The van der Waals surface area contributed by atoms with Crippen LogP contribution in [0.5, 0.6) is 5.75 Å². The van der Waals surface area contributed by atoms with E-state index in [-0.39, 0.29) is 0 Å². The molecule has 16 heavy (non-hydrogen) atoms. The number of fused-ring (bicyclic) bond motifs is 1. The van der Waals surface area contributed by atoms with E-state index in [1.165, 1.54) is 0 Å². The minimum atomic E-state index is -0.914. The number of hydrogen-bond acceptors (Lipinski definition) is 4. The maximum atomic E-state index is 10.8. The molecule has 0 aliphatic carbocycles. The molecule has 1 aromatic rings. The molecule has 1 amide bonds. The second-order valence-corrected chi connectivity index (χ2v) is 3.69. The Hall–Kier alpha value is -1.53. The summed E-state index contributed by atoms with van der Waals surface area (Å²) in [5.74, 6) is -0.0353. The molecule has 2 rings (SSSR count). The van der Waals surface area contributed by atoms with Crippen LogP contribution in [0.2, 0.25) is 0 Å². The second-order valence-electron chi connectivity index (χ2n) is 3.69. The molecule has 0 spiro atoms. The van der Waals surface area contributed by atoms with Gasteiger partial charge in [-0.1, -0.05) is 6.07 Å². The number of benzene rings is 1. The van der Waals surface area contributed by atoms with E-state index in [0.29, 0.717) is 17.8 Å². The van der Waals surface area contributed by atoms with Gasteiger partial charge in [-0.25, -0.2) is 0 Å². The van der Waals surface area contributed by atoms with Crippen LogP contribution in [0.25, 0.3) is 0 Å². The minimum Gasteiger partial charge on any atom is -0.481 e. The van der Waals surface area contributed by atoms with Crippen LogP contribution >= 0.6 is 0 Å². The summed E-state index contributed by atoms with van der Waals surface area (Å²) in [5, 5.41) is 9.48. The first-order chi connectivity index (χ1) is 7.58. The number of ether oxygens (including phenoxy) is 1. The number of primary amides is 1. The van der Waals surface area contributed by atoms with Gasteiger partial charge in [0.15, 0.2) is 6.10 Å². The predicted octanol–water partition coefficient (Wildman–Crippen LogP) is -0.843. The Morgan fingerprint density at radius 3 is 3.12 bits per heavy atom. The molecule has 0 aromatic heterocycles. The Bertz CT molecular complexity index is 423. The summed E-state index contributed by atoms with van der Waals surface area (Å²) < 4.78 is 10.3. The third-order valence-corrected chi connectivity index (χ3v) is 2.49. The first kappa shape index (κ1) is 11.0. The van der Waals surface area contributed by atoms with Crippen LogP contribution in [-0.2, 0) is 16.1 Å². The van der Waals surface area contributed by atoms with Gasteiger partial charge in [0.25, 0.3) is 5.91 Å². The Balaban J connectivity index is 2.18. The maximum Gasteiger partial charge on any atom is 0.491 e. The number of amides is 1. The molecule has 1 unspecified atom stereocenters. The molecule has 0 saturated carbocycles. The van der Waals surface area contributed by atoms with Crippen LogP contribution in [0.4, 0.5) is 0 Å². The van der Waals surface area contributed by atoms with Crippen molar-refractivity contribution in [2.75, 3.05) is 0 Å². The van der Waals surface area contributed by atoms with Crippen LogP contribution in [0.1, 0.15) is 12.5 Å². The van der Waals surface area contributed by atoms with Crippen LogP contribution in [0.15, 0.2) is 18.2 Å². The summed E-state index contributed by atoms with van der Waals surface area (Å²) in [6.07, 6.45) is -0.697. The summed E-state index contributed by atoms with van der Waals surface area (Å²) in [4.78, 5) is 10.8. The van der Waals surface area contributed by atoms with Gasteiger partial charge in [-0.05, 0) is 30.1 Å². The smallest absolute Gasteiger partial charge is 0.481 e. The topological polar surface area (TPSA) is 81.8 Å². The molecule has 0 bridgehead atoms. The molecule has 0 fully saturated rings. The van der Waals surface area contributed by atoms with Crippen molar-refractivity contribution in [3.05, 3.63) is 23.8 Å². The Kier molecular flexibility index (Phi) is 2.85. The quantitative estimate of drug-likeness (QED) is 0.651. The fourth-order valence-corrected chi connectivity index (χ4v) is 1.53. The van der Waals surface area contributed by atoms with E-state index >= 15 is 0 Å². The molecule has 1 heterocycles. The molecule has 6 heteroatoms. The highest BCUT2D eigenvalue weighted by Crippen LogP contribution is 2.17. The van der Waals surface area contributed by atoms with Gasteiger partial charge >= 0.3 is 7.12 Å². The van der Waals surface area contributed by atoms with Crippen molar-refractivity contribution in [1.82, 2.24) is 0 Å². The van der Waals surface area contributed by atoms with E-state index in [2.05, 4.69) is 0 Å². The SMILES string of the molecule is CC(Oc1ccc2c(c1)B(O)OC2)C(N)=O. The Labute approximate surface area is 93.3 Å². The van der Waals surface area contributed by atoms with Crippen LogP contribution in [0.3, 0.4) is 0 Å². The van der Waals surface area contributed by atoms with Crippen molar-refractivity contribution in [2.45, 2.75) is 19.6 Å². The fraction of sp³-hybridized carbons (Fsp3) is 0.300. The van der Waals surface area contributed by atoms with E-state index in [1.807, 2.05) is 0 Å². The van der Waals surface area contributed by atoms with Crippen LogP contribution in [0, 0.1) is 0 Å². The van der Waals surface area contributed by atoms with Gasteiger partial charge in [-0.3, -0.25) is 4.79 Å². The Morgan fingerprint density at radius 1 is 1.69 bits per heavy atom. The summed E-state index contributed by atoms with van der Waals surface area (Å²) in [7, 11) is -0.914. The summed E-state index contributed by atoms with van der Waals surface area (Å²) in [6.45, 7) is 1.96. The lowest BCUT2D eigenvalue weighted by molar-refractivity contribution is -0.123.